The van der Waals surface area contributed by atoms with Crippen LogP contribution >= 0.6 is 0 Å². The lowest BCUT2D eigenvalue weighted by Crippen LogP contribution is -2.29. The van der Waals surface area contributed by atoms with Gasteiger partial charge in [0, 0.05) is 0 Å². The van der Waals surface area contributed by atoms with Crippen molar-refractivity contribution in [1.82, 2.24) is 0 Å². The molecule has 0 radical (unpaired) electrons. The molecule has 0 N–H and O–H groups in total. The van der Waals surface area contributed by atoms with Gasteiger partial charge in [-0.25, -0.2) is 0 Å². The summed E-state index contributed by atoms with van der Waals surface area (Å²) in [5.74, 6) is 0.418. The standard InChI is InChI=1S/C16H11NO4/c18-15-11-3-1-2-4-12(11)17(16(15)19)8-10-5-6-13-14(7-10)21-9-20-13/h1-7H,8-9H2. The van der Waals surface area contributed by atoms with E-state index in [1.807, 2.05) is 24.3 Å². The lowest BCUT2D eigenvalue weighted by atomic mass is 10.1. The fourth-order valence-corrected chi connectivity index (χ4v) is 2.63. The summed E-state index contributed by atoms with van der Waals surface area (Å²) < 4.78 is 10.6. The number of ether oxygens (including phenoxy) is 2. The Morgan fingerprint density at radius 1 is 1.00 bits per heavy atom. The zero-order chi connectivity index (χ0) is 14.4. The van der Waals surface area contributed by atoms with Crippen LogP contribution in [0.25, 0.3) is 0 Å². The van der Waals surface area contributed by atoms with Gasteiger partial charge in [-0.05, 0) is 29.8 Å². The predicted molar refractivity (Wildman–Crippen MR) is 74.5 cm³/mol. The Balaban J connectivity index is 1.68. The summed E-state index contributed by atoms with van der Waals surface area (Å²) >= 11 is 0. The summed E-state index contributed by atoms with van der Waals surface area (Å²) in [6.07, 6.45) is 0. The second-order valence-electron chi connectivity index (χ2n) is 4.93. The van der Waals surface area contributed by atoms with Crippen LogP contribution in [-0.2, 0) is 11.3 Å². The maximum Gasteiger partial charge on any atom is 0.299 e. The number of ketones is 1. The van der Waals surface area contributed by atoms with Gasteiger partial charge < -0.3 is 14.4 Å². The van der Waals surface area contributed by atoms with E-state index in [0.29, 0.717) is 29.3 Å². The number of hydrogen-bond donors (Lipinski definition) is 0. The summed E-state index contributed by atoms with van der Waals surface area (Å²) in [6, 6.07) is 12.5. The van der Waals surface area contributed by atoms with Gasteiger partial charge in [0.1, 0.15) is 0 Å². The fourth-order valence-electron chi connectivity index (χ4n) is 2.63. The number of rotatable bonds is 2. The molecule has 104 valence electrons. The number of nitrogens with zero attached hydrogens (tertiary/aromatic N) is 1. The highest BCUT2D eigenvalue weighted by Crippen LogP contribution is 2.35. The number of para-hydroxylation sites is 1. The monoisotopic (exact) mass is 281 g/mol. The highest BCUT2D eigenvalue weighted by molar-refractivity contribution is 6.52. The molecule has 2 aromatic carbocycles. The summed E-state index contributed by atoms with van der Waals surface area (Å²) in [5, 5.41) is 0. The minimum absolute atomic E-state index is 0.211. The van der Waals surface area contributed by atoms with E-state index in [2.05, 4.69) is 0 Å². The van der Waals surface area contributed by atoms with Gasteiger partial charge in [0.25, 0.3) is 11.7 Å². The first-order valence-electron chi connectivity index (χ1n) is 6.58. The van der Waals surface area contributed by atoms with Crippen LogP contribution in [0.4, 0.5) is 5.69 Å². The van der Waals surface area contributed by atoms with Crippen molar-refractivity contribution >= 4 is 17.4 Å². The van der Waals surface area contributed by atoms with E-state index in [9.17, 15) is 9.59 Å². The van der Waals surface area contributed by atoms with Crippen molar-refractivity contribution in [1.29, 1.82) is 0 Å². The topological polar surface area (TPSA) is 55.8 Å². The van der Waals surface area contributed by atoms with Crippen molar-refractivity contribution in [3.63, 3.8) is 0 Å². The van der Waals surface area contributed by atoms with Gasteiger partial charge >= 0.3 is 0 Å². The largest absolute Gasteiger partial charge is 0.454 e. The number of fused-ring (bicyclic) bond motifs is 2. The number of carbonyl (C=O) groups excluding carboxylic acids is 2. The lowest BCUT2D eigenvalue weighted by molar-refractivity contribution is -0.114. The molecule has 0 aromatic heterocycles. The van der Waals surface area contributed by atoms with Crippen molar-refractivity contribution in [2.75, 3.05) is 11.7 Å². The first-order valence-corrected chi connectivity index (χ1v) is 6.58. The van der Waals surface area contributed by atoms with Gasteiger partial charge in [-0.15, -0.1) is 0 Å². The number of carbonyl (C=O) groups is 2. The van der Waals surface area contributed by atoms with Crippen LogP contribution in [0.2, 0.25) is 0 Å². The SMILES string of the molecule is O=C1C(=O)N(Cc2ccc3c(c2)OCO3)c2ccccc21. The maximum absolute atomic E-state index is 12.1. The van der Waals surface area contributed by atoms with Crippen molar-refractivity contribution in [2.24, 2.45) is 0 Å². The quantitative estimate of drug-likeness (QED) is 0.791. The number of amides is 1. The van der Waals surface area contributed by atoms with E-state index in [4.69, 9.17) is 9.47 Å². The van der Waals surface area contributed by atoms with Crippen molar-refractivity contribution in [3.8, 4) is 11.5 Å². The third kappa shape index (κ3) is 1.78. The van der Waals surface area contributed by atoms with E-state index in [1.165, 1.54) is 4.90 Å². The van der Waals surface area contributed by atoms with Crippen LogP contribution in [0.5, 0.6) is 11.5 Å². The third-order valence-corrected chi connectivity index (χ3v) is 3.66. The molecule has 2 aromatic rings. The van der Waals surface area contributed by atoms with E-state index in [-0.39, 0.29) is 6.79 Å². The number of anilines is 1. The van der Waals surface area contributed by atoms with Gasteiger partial charge in [0.05, 0.1) is 17.8 Å². The molecule has 0 bridgehead atoms. The van der Waals surface area contributed by atoms with Gasteiger partial charge in [0.2, 0.25) is 6.79 Å². The molecule has 4 rings (SSSR count). The lowest BCUT2D eigenvalue weighted by Gasteiger charge is -2.16. The summed E-state index contributed by atoms with van der Waals surface area (Å²) in [6.45, 7) is 0.543. The molecular weight excluding hydrogens is 270 g/mol. The second kappa shape index (κ2) is 4.34. The molecule has 2 aliphatic heterocycles. The van der Waals surface area contributed by atoms with E-state index < -0.39 is 11.7 Å². The van der Waals surface area contributed by atoms with E-state index in [1.54, 1.807) is 18.2 Å². The smallest absolute Gasteiger partial charge is 0.299 e. The average Bonchev–Trinajstić information content (AvgIpc) is 3.06. The van der Waals surface area contributed by atoms with Crippen LogP contribution in [0.15, 0.2) is 42.5 Å². The number of benzene rings is 2. The van der Waals surface area contributed by atoms with Crippen LogP contribution in [0, 0.1) is 0 Å². The Labute approximate surface area is 120 Å². The van der Waals surface area contributed by atoms with Gasteiger partial charge in [-0.2, -0.15) is 0 Å². The van der Waals surface area contributed by atoms with Crippen LogP contribution in [-0.4, -0.2) is 18.5 Å². The van der Waals surface area contributed by atoms with Crippen LogP contribution in [0.3, 0.4) is 0 Å². The fraction of sp³-hybridized carbons (Fsp3) is 0.125. The molecule has 21 heavy (non-hydrogen) atoms. The normalized spacial score (nSPS) is 15.5. The third-order valence-electron chi connectivity index (χ3n) is 3.66. The molecule has 0 aliphatic carbocycles. The maximum atomic E-state index is 12.1. The molecule has 1 amide bonds. The first-order chi connectivity index (χ1) is 10.2. The Kier molecular flexibility index (Phi) is 2.47. The summed E-state index contributed by atoms with van der Waals surface area (Å²) in [5.41, 5.74) is 2.01. The molecule has 0 fully saturated rings. The molecule has 0 spiro atoms. The van der Waals surface area contributed by atoms with Gasteiger partial charge in [-0.1, -0.05) is 18.2 Å². The molecule has 5 heteroatoms. The Morgan fingerprint density at radius 2 is 1.81 bits per heavy atom. The number of Topliss-reactive ketones (excluding diaryl/α,β-unsaturated/α-hetero) is 1. The van der Waals surface area contributed by atoms with Crippen molar-refractivity contribution < 1.29 is 19.1 Å². The second-order valence-corrected chi connectivity index (χ2v) is 4.93. The molecular formula is C16H11NO4. The van der Waals surface area contributed by atoms with Crippen LogP contribution < -0.4 is 14.4 Å². The molecule has 2 aliphatic rings. The van der Waals surface area contributed by atoms with Crippen molar-refractivity contribution in [2.45, 2.75) is 6.54 Å². The van der Waals surface area contributed by atoms with Gasteiger partial charge in [0.15, 0.2) is 11.5 Å². The van der Waals surface area contributed by atoms with E-state index in [0.717, 1.165) is 5.56 Å². The number of hydrogen-bond acceptors (Lipinski definition) is 4. The Bertz CT molecular complexity index is 769. The van der Waals surface area contributed by atoms with Crippen molar-refractivity contribution in [3.05, 3.63) is 53.6 Å². The highest BCUT2D eigenvalue weighted by Gasteiger charge is 2.35. The zero-order valence-corrected chi connectivity index (χ0v) is 11.0. The predicted octanol–water partition coefficient (Wildman–Crippen LogP) is 2.14. The molecule has 2 heterocycles. The molecule has 5 nitrogen and oxygen atoms in total. The molecule has 0 saturated carbocycles. The Morgan fingerprint density at radius 3 is 2.71 bits per heavy atom. The summed E-state index contributed by atoms with van der Waals surface area (Å²) in [4.78, 5) is 25.6. The zero-order valence-electron chi connectivity index (χ0n) is 11.0. The van der Waals surface area contributed by atoms with Crippen LogP contribution in [0.1, 0.15) is 15.9 Å². The van der Waals surface area contributed by atoms with E-state index >= 15 is 0 Å². The minimum atomic E-state index is -0.492. The molecule has 0 unspecified atom stereocenters. The highest BCUT2D eigenvalue weighted by atomic mass is 16.7. The van der Waals surface area contributed by atoms with Gasteiger partial charge in [-0.3, -0.25) is 9.59 Å². The molecule has 0 saturated heterocycles. The first kappa shape index (κ1) is 12.0. The average molecular weight is 281 g/mol. The minimum Gasteiger partial charge on any atom is -0.454 e. The summed E-state index contributed by atoms with van der Waals surface area (Å²) in [7, 11) is 0. The Hall–Kier alpha value is -2.82. The molecule has 0 atom stereocenters.